The smallest absolute Gasteiger partial charge is 0.165 e. The highest BCUT2D eigenvalue weighted by Gasteiger charge is 2.18. The molecule has 2 aromatic carbocycles. The molecule has 4 nitrogen and oxygen atoms in total. The fraction of sp³-hybridized carbons (Fsp3) is 0.429. The fourth-order valence-corrected chi connectivity index (χ4v) is 3.06. The molecule has 0 aliphatic heterocycles. The van der Waals surface area contributed by atoms with E-state index in [1.165, 1.54) is 0 Å². The van der Waals surface area contributed by atoms with Gasteiger partial charge in [0.15, 0.2) is 11.5 Å². The Bertz CT molecular complexity index is 643. The monoisotopic (exact) mass is 343 g/mol. The van der Waals surface area contributed by atoms with Crippen molar-refractivity contribution >= 4 is 0 Å². The summed E-state index contributed by atoms with van der Waals surface area (Å²) in [5.74, 6) is 1.99. The maximum atomic E-state index is 10.6. The van der Waals surface area contributed by atoms with Crippen LogP contribution in [0.3, 0.4) is 0 Å². The van der Waals surface area contributed by atoms with Crippen LogP contribution in [-0.2, 0) is 6.54 Å². The van der Waals surface area contributed by atoms with Crippen molar-refractivity contribution in [3.63, 3.8) is 0 Å². The van der Waals surface area contributed by atoms with Crippen LogP contribution in [0.15, 0.2) is 48.5 Å². The summed E-state index contributed by atoms with van der Waals surface area (Å²) in [6.07, 6.45) is -0.517. The first kappa shape index (κ1) is 19.3. The van der Waals surface area contributed by atoms with Crippen LogP contribution in [-0.4, -0.2) is 37.3 Å². The summed E-state index contributed by atoms with van der Waals surface area (Å²) in [6.45, 7) is 6.53. The van der Waals surface area contributed by atoms with Crippen LogP contribution in [0.4, 0.5) is 0 Å². The summed E-state index contributed by atoms with van der Waals surface area (Å²) in [5.41, 5.74) is 2.00. The molecule has 0 spiro atoms. The maximum Gasteiger partial charge on any atom is 0.165 e. The molecule has 0 amide bonds. The lowest BCUT2D eigenvalue weighted by Crippen LogP contribution is -2.31. The molecule has 1 N–H and O–H groups in total. The largest absolute Gasteiger partial charge is 0.493 e. The minimum atomic E-state index is -0.517. The molecule has 0 heterocycles. The summed E-state index contributed by atoms with van der Waals surface area (Å²) in [6, 6.07) is 15.7. The number of rotatable bonds is 9. The Morgan fingerprint density at radius 2 is 1.64 bits per heavy atom. The fourth-order valence-electron chi connectivity index (χ4n) is 3.06. The molecule has 0 aliphatic rings. The molecule has 25 heavy (non-hydrogen) atoms. The Balaban J connectivity index is 2.18. The number of nitrogens with zero attached hydrogens (tertiary/aromatic N) is 1. The number of para-hydroxylation sites is 1. The van der Waals surface area contributed by atoms with Crippen molar-refractivity contribution in [2.24, 2.45) is 5.92 Å². The molecule has 0 radical (unpaired) electrons. The molecule has 0 fully saturated rings. The highest BCUT2D eigenvalue weighted by molar-refractivity contribution is 5.46. The van der Waals surface area contributed by atoms with E-state index in [4.69, 9.17) is 9.47 Å². The number of hydrogen-bond acceptors (Lipinski definition) is 4. The highest BCUT2D eigenvalue weighted by Crippen LogP contribution is 2.32. The average Bonchev–Trinajstić information content (AvgIpc) is 2.61. The molecule has 0 saturated carbocycles. The van der Waals surface area contributed by atoms with E-state index in [1.807, 2.05) is 48.5 Å². The van der Waals surface area contributed by atoms with Gasteiger partial charge in [0.05, 0.1) is 20.3 Å². The number of aliphatic hydroxyl groups is 1. The van der Waals surface area contributed by atoms with Gasteiger partial charge in [0.25, 0.3) is 0 Å². The summed E-state index contributed by atoms with van der Waals surface area (Å²) in [4.78, 5) is 2.26. The lowest BCUT2D eigenvalue weighted by atomic mass is 10.1. The second-order valence-corrected chi connectivity index (χ2v) is 6.67. The van der Waals surface area contributed by atoms with Crippen molar-refractivity contribution in [2.45, 2.75) is 26.5 Å². The molecule has 0 unspecified atom stereocenters. The van der Waals surface area contributed by atoms with Gasteiger partial charge >= 0.3 is 0 Å². The Kier molecular flexibility index (Phi) is 7.29. The van der Waals surface area contributed by atoms with Gasteiger partial charge in [-0.15, -0.1) is 0 Å². The Morgan fingerprint density at radius 3 is 2.24 bits per heavy atom. The predicted octanol–water partition coefficient (Wildman–Crippen LogP) is 3.90. The van der Waals surface area contributed by atoms with Crippen LogP contribution >= 0.6 is 0 Å². The van der Waals surface area contributed by atoms with Gasteiger partial charge < -0.3 is 14.6 Å². The second kappa shape index (κ2) is 9.44. The van der Waals surface area contributed by atoms with Crippen LogP contribution in [0.5, 0.6) is 11.5 Å². The molecule has 2 aromatic rings. The van der Waals surface area contributed by atoms with Gasteiger partial charge in [-0.3, -0.25) is 4.90 Å². The molecule has 0 aliphatic carbocycles. The van der Waals surface area contributed by atoms with E-state index in [1.54, 1.807) is 14.2 Å². The van der Waals surface area contributed by atoms with Gasteiger partial charge in [-0.2, -0.15) is 0 Å². The summed E-state index contributed by atoms with van der Waals surface area (Å²) in [5, 5.41) is 10.6. The quantitative estimate of drug-likeness (QED) is 0.750. The van der Waals surface area contributed by atoms with Crippen LogP contribution < -0.4 is 9.47 Å². The van der Waals surface area contributed by atoms with E-state index in [0.717, 1.165) is 29.2 Å². The van der Waals surface area contributed by atoms with E-state index in [2.05, 4.69) is 18.7 Å². The normalized spacial score (nSPS) is 12.4. The predicted molar refractivity (Wildman–Crippen MR) is 101 cm³/mol. The molecule has 136 valence electrons. The van der Waals surface area contributed by atoms with E-state index < -0.39 is 6.10 Å². The minimum Gasteiger partial charge on any atom is -0.493 e. The van der Waals surface area contributed by atoms with Gasteiger partial charge in [0.1, 0.15) is 0 Å². The van der Waals surface area contributed by atoms with Crippen molar-refractivity contribution in [2.75, 3.05) is 27.3 Å². The zero-order valence-corrected chi connectivity index (χ0v) is 15.6. The Labute approximate surface area is 151 Å². The molecule has 0 saturated heterocycles. The molecule has 0 aromatic heterocycles. The lowest BCUT2D eigenvalue weighted by Gasteiger charge is -2.28. The number of ether oxygens (including phenoxy) is 2. The Hall–Kier alpha value is -2.04. The third kappa shape index (κ3) is 5.48. The zero-order valence-electron chi connectivity index (χ0n) is 15.6. The van der Waals surface area contributed by atoms with Gasteiger partial charge in [0, 0.05) is 25.2 Å². The molecule has 4 heteroatoms. The number of aliphatic hydroxyl groups excluding tert-OH is 1. The molecule has 2 rings (SSSR count). The van der Waals surface area contributed by atoms with E-state index >= 15 is 0 Å². The van der Waals surface area contributed by atoms with Crippen molar-refractivity contribution in [3.8, 4) is 11.5 Å². The number of hydrogen-bond donors (Lipinski definition) is 1. The molecular formula is C21H29NO3. The standard InChI is InChI=1S/C21H29NO3/c1-16(2)13-22(15-19(23)17-9-6-5-7-10-17)14-18-11-8-12-20(24-3)21(18)25-4/h5-12,16,19,23H,13-15H2,1-4H3/t19-/m0/s1. The van der Waals surface area contributed by atoms with Crippen molar-refractivity contribution in [3.05, 3.63) is 59.7 Å². The molecule has 1 atom stereocenters. The molecular weight excluding hydrogens is 314 g/mol. The van der Waals surface area contributed by atoms with E-state index in [0.29, 0.717) is 19.0 Å². The summed E-state index contributed by atoms with van der Waals surface area (Å²) in [7, 11) is 3.31. The minimum absolute atomic E-state index is 0.500. The van der Waals surface area contributed by atoms with E-state index in [-0.39, 0.29) is 0 Å². The molecule has 0 bridgehead atoms. The van der Waals surface area contributed by atoms with Crippen molar-refractivity contribution in [1.82, 2.24) is 4.90 Å². The zero-order chi connectivity index (χ0) is 18.2. The lowest BCUT2D eigenvalue weighted by molar-refractivity contribution is 0.101. The van der Waals surface area contributed by atoms with Crippen molar-refractivity contribution in [1.29, 1.82) is 0 Å². The third-order valence-electron chi connectivity index (χ3n) is 4.12. The van der Waals surface area contributed by atoms with Crippen LogP contribution in [0, 0.1) is 5.92 Å². The van der Waals surface area contributed by atoms with Gasteiger partial charge in [-0.25, -0.2) is 0 Å². The van der Waals surface area contributed by atoms with Gasteiger partial charge in [-0.1, -0.05) is 56.3 Å². The third-order valence-corrected chi connectivity index (χ3v) is 4.12. The van der Waals surface area contributed by atoms with Crippen LogP contribution in [0.1, 0.15) is 31.1 Å². The first-order valence-corrected chi connectivity index (χ1v) is 8.70. The van der Waals surface area contributed by atoms with Gasteiger partial charge in [-0.05, 0) is 17.5 Å². The SMILES string of the molecule is COc1cccc(CN(CC(C)C)C[C@H](O)c2ccccc2)c1OC. The van der Waals surface area contributed by atoms with Crippen LogP contribution in [0.2, 0.25) is 0 Å². The highest BCUT2D eigenvalue weighted by atomic mass is 16.5. The summed E-state index contributed by atoms with van der Waals surface area (Å²) < 4.78 is 10.9. The number of benzene rings is 2. The van der Waals surface area contributed by atoms with Crippen molar-refractivity contribution < 1.29 is 14.6 Å². The number of methoxy groups -OCH3 is 2. The second-order valence-electron chi connectivity index (χ2n) is 6.67. The topological polar surface area (TPSA) is 41.9 Å². The first-order valence-electron chi connectivity index (χ1n) is 8.70. The average molecular weight is 343 g/mol. The van der Waals surface area contributed by atoms with Gasteiger partial charge in [0.2, 0.25) is 0 Å². The van der Waals surface area contributed by atoms with Crippen LogP contribution in [0.25, 0.3) is 0 Å². The first-order chi connectivity index (χ1) is 12.0. The maximum absolute atomic E-state index is 10.6. The summed E-state index contributed by atoms with van der Waals surface area (Å²) >= 11 is 0. The Morgan fingerprint density at radius 1 is 0.920 bits per heavy atom. The van der Waals surface area contributed by atoms with E-state index in [9.17, 15) is 5.11 Å².